The molecule has 1 N–H and O–H groups in total. The quantitative estimate of drug-likeness (QED) is 0.676. The van der Waals surface area contributed by atoms with E-state index in [1.54, 1.807) is 12.1 Å². The molecule has 1 atom stereocenters. The van der Waals surface area contributed by atoms with Gasteiger partial charge in [0, 0.05) is 12.1 Å². The van der Waals surface area contributed by atoms with E-state index in [9.17, 15) is 19.3 Å². The second-order valence-corrected chi connectivity index (χ2v) is 4.94. The predicted molar refractivity (Wildman–Crippen MR) is 83.0 cm³/mol. The molecule has 120 valence electrons. The number of ether oxygens (including phenoxy) is 1. The number of non-ortho nitro benzene ring substituents is 1. The van der Waals surface area contributed by atoms with E-state index in [-0.39, 0.29) is 11.4 Å². The summed E-state index contributed by atoms with van der Waals surface area (Å²) in [7, 11) is 0. The maximum atomic E-state index is 13.7. The molecule has 0 fully saturated rings. The van der Waals surface area contributed by atoms with Gasteiger partial charge in [-0.3, -0.25) is 14.9 Å². The first-order chi connectivity index (χ1) is 10.9. The summed E-state index contributed by atoms with van der Waals surface area (Å²) in [6.45, 7) is 3.34. The second kappa shape index (κ2) is 6.87. The highest BCUT2D eigenvalue weighted by atomic mass is 19.1. The highest BCUT2D eigenvalue weighted by molar-refractivity contribution is 5.94. The average molecular weight is 318 g/mol. The number of nitrogens with zero attached hydrogens (tertiary/aromatic N) is 1. The summed E-state index contributed by atoms with van der Waals surface area (Å²) in [4.78, 5) is 22.1. The fraction of sp³-hybridized carbons (Fsp3) is 0.188. The molecule has 2 aromatic carbocycles. The minimum atomic E-state index is -0.894. The van der Waals surface area contributed by atoms with E-state index in [2.05, 4.69) is 5.32 Å². The number of anilines is 1. The van der Waals surface area contributed by atoms with Crippen LogP contribution in [0.15, 0.2) is 42.5 Å². The molecule has 0 heterocycles. The monoisotopic (exact) mass is 318 g/mol. The number of carbonyl (C=O) groups excluding carboxylic acids is 1. The van der Waals surface area contributed by atoms with Gasteiger partial charge < -0.3 is 10.1 Å². The molecule has 7 heteroatoms. The van der Waals surface area contributed by atoms with Crippen molar-refractivity contribution in [3.8, 4) is 5.75 Å². The van der Waals surface area contributed by atoms with Crippen LogP contribution < -0.4 is 10.1 Å². The molecule has 2 aromatic rings. The van der Waals surface area contributed by atoms with Crippen molar-refractivity contribution >= 4 is 17.3 Å². The first-order valence-electron chi connectivity index (χ1n) is 6.85. The molecule has 23 heavy (non-hydrogen) atoms. The van der Waals surface area contributed by atoms with Crippen molar-refractivity contribution in [2.75, 3.05) is 5.32 Å². The Kier molecular flexibility index (Phi) is 4.90. The van der Waals surface area contributed by atoms with Gasteiger partial charge in [-0.2, -0.15) is 0 Å². The van der Waals surface area contributed by atoms with Crippen LogP contribution in [0, 0.1) is 22.9 Å². The Morgan fingerprint density at radius 3 is 2.65 bits per heavy atom. The summed E-state index contributed by atoms with van der Waals surface area (Å²) >= 11 is 0. The molecule has 1 unspecified atom stereocenters. The largest absolute Gasteiger partial charge is 0.481 e. The molecule has 0 aliphatic heterocycles. The number of rotatable bonds is 5. The third-order valence-corrected chi connectivity index (χ3v) is 3.19. The molecule has 0 aromatic heterocycles. The summed E-state index contributed by atoms with van der Waals surface area (Å²) in [6, 6.07) is 10.1. The predicted octanol–water partition coefficient (Wildman–Crippen LogP) is 3.45. The molecule has 0 saturated heterocycles. The molecule has 0 bridgehead atoms. The van der Waals surface area contributed by atoms with Crippen LogP contribution in [-0.4, -0.2) is 16.9 Å². The fourth-order valence-corrected chi connectivity index (χ4v) is 1.89. The number of hydrogen-bond donors (Lipinski definition) is 1. The molecular weight excluding hydrogens is 303 g/mol. The van der Waals surface area contributed by atoms with Crippen LogP contribution in [0.4, 0.5) is 15.8 Å². The van der Waals surface area contributed by atoms with E-state index in [0.29, 0.717) is 5.75 Å². The summed E-state index contributed by atoms with van der Waals surface area (Å²) in [6.07, 6.45) is -0.894. The lowest BCUT2D eigenvalue weighted by Gasteiger charge is -2.16. The van der Waals surface area contributed by atoms with Gasteiger partial charge in [-0.1, -0.05) is 18.2 Å². The Labute approximate surface area is 132 Å². The van der Waals surface area contributed by atoms with E-state index < -0.39 is 22.8 Å². The number of para-hydroxylation sites is 1. The molecule has 2 rings (SSSR count). The normalized spacial score (nSPS) is 11.6. The van der Waals surface area contributed by atoms with Gasteiger partial charge in [-0.25, -0.2) is 4.39 Å². The second-order valence-electron chi connectivity index (χ2n) is 4.94. The van der Waals surface area contributed by atoms with Crippen molar-refractivity contribution in [3.05, 3.63) is 64.0 Å². The Bertz CT molecular complexity index is 749. The van der Waals surface area contributed by atoms with Gasteiger partial charge in [0.05, 0.1) is 10.6 Å². The number of nitro benzene ring substituents is 1. The lowest BCUT2D eigenvalue weighted by Crippen LogP contribution is -2.30. The van der Waals surface area contributed by atoms with Gasteiger partial charge in [-0.15, -0.1) is 0 Å². The van der Waals surface area contributed by atoms with Gasteiger partial charge in [0.25, 0.3) is 11.6 Å². The standard InChI is InChI=1S/C16H15FN2O4/c1-10-5-3-4-6-15(10)23-11(2)16(20)18-14-9-12(19(21)22)7-8-13(14)17/h3-9,11H,1-2H3,(H,18,20). The SMILES string of the molecule is Cc1ccccc1OC(C)C(=O)Nc1cc([N+](=O)[O-])ccc1F. The molecule has 1 amide bonds. The minimum absolute atomic E-state index is 0.260. The number of nitro groups is 1. The van der Waals surface area contributed by atoms with E-state index in [1.807, 2.05) is 19.1 Å². The Morgan fingerprint density at radius 2 is 2.00 bits per heavy atom. The molecule has 0 radical (unpaired) electrons. The number of aryl methyl sites for hydroxylation is 1. The summed E-state index contributed by atoms with van der Waals surface area (Å²) in [5.74, 6) is -0.825. The summed E-state index contributed by atoms with van der Waals surface area (Å²) in [5.41, 5.74) is 0.285. The molecule has 0 spiro atoms. The van der Waals surface area contributed by atoms with E-state index in [4.69, 9.17) is 4.74 Å². The molecule has 0 aliphatic rings. The third kappa shape index (κ3) is 4.03. The highest BCUT2D eigenvalue weighted by Gasteiger charge is 2.19. The zero-order valence-electron chi connectivity index (χ0n) is 12.6. The number of hydrogen-bond acceptors (Lipinski definition) is 4. The maximum Gasteiger partial charge on any atom is 0.271 e. The van der Waals surface area contributed by atoms with Gasteiger partial charge in [0.15, 0.2) is 6.10 Å². The van der Waals surface area contributed by atoms with E-state index >= 15 is 0 Å². The lowest BCUT2D eigenvalue weighted by molar-refractivity contribution is -0.384. The number of nitrogens with one attached hydrogen (secondary N) is 1. The molecule has 0 saturated carbocycles. The van der Waals surface area contributed by atoms with Crippen LogP contribution in [0.2, 0.25) is 0 Å². The number of halogens is 1. The van der Waals surface area contributed by atoms with Gasteiger partial charge in [-0.05, 0) is 31.5 Å². The Balaban J connectivity index is 2.11. The van der Waals surface area contributed by atoms with Gasteiger partial charge >= 0.3 is 0 Å². The Morgan fingerprint density at radius 1 is 1.30 bits per heavy atom. The van der Waals surface area contributed by atoms with Crippen molar-refractivity contribution in [1.82, 2.24) is 0 Å². The van der Waals surface area contributed by atoms with Crippen LogP contribution in [0.25, 0.3) is 0 Å². The zero-order chi connectivity index (χ0) is 17.0. The van der Waals surface area contributed by atoms with Crippen molar-refractivity contribution in [1.29, 1.82) is 0 Å². The summed E-state index contributed by atoms with van der Waals surface area (Å²) < 4.78 is 19.2. The fourth-order valence-electron chi connectivity index (χ4n) is 1.89. The Hall–Kier alpha value is -2.96. The summed E-state index contributed by atoms with van der Waals surface area (Å²) in [5, 5.41) is 13.0. The first-order valence-corrected chi connectivity index (χ1v) is 6.85. The van der Waals surface area contributed by atoms with E-state index in [0.717, 1.165) is 23.8 Å². The van der Waals surface area contributed by atoms with Crippen molar-refractivity contribution < 1.29 is 18.8 Å². The third-order valence-electron chi connectivity index (χ3n) is 3.19. The van der Waals surface area contributed by atoms with E-state index in [1.165, 1.54) is 6.92 Å². The average Bonchev–Trinajstić information content (AvgIpc) is 2.51. The van der Waals surface area contributed by atoms with Gasteiger partial charge in [0.1, 0.15) is 11.6 Å². The van der Waals surface area contributed by atoms with Crippen LogP contribution in [0.5, 0.6) is 5.75 Å². The number of carbonyl (C=O) groups is 1. The number of benzene rings is 2. The van der Waals surface area contributed by atoms with Crippen molar-refractivity contribution in [2.24, 2.45) is 0 Å². The maximum absolute atomic E-state index is 13.7. The zero-order valence-corrected chi connectivity index (χ0v) is 12.6. The lowest BCUT2D eigenvalue weighted by atomic mass is 10.2. The first kappa shape index (κ1) is 16.4. The molecular formula is C16H15FN2O4. The van der Waals surface area contributed by atoms with Crippen molar-refractivity contribution in [2.45, 2.75) is 20.0 Å². The molecule has 6 nitrogen and oxygen atoms in total. The van der Waals surface area contributed by atoms with Crippen LogP contribution >= 0.6 is 0 Å². The van der Waals surface area contributed by atoms with Crippen molar-refractivity contribution in [3.63, 3.8) is 0 Å². The highest BCUT2D eigenvalue weighted by Crippen LogP contribution is 2.22. The smallest absolute Gasteiger partial charge is 0.271 e. The van der Waals surface area contributed by atoms with Crippen LogP contribution in [0.1, 0.15) is 12.5 Å². The van der Waals surface area contributed by atoms with Crippen LogP contribution in [-0.2, 0) is 4.79 Å². The van der Waals surface area contributed by atoms with Gasteiger partial charge in [0.2, 0.25) is 0 Å². The number of amides is 1. The van der Waals surface area contributed by atoms with Crippen LogP contribution in [0.3, 0.4) is 0 Å². The topological polar surface area (TPSA) is 81.5 Å². The minimum Gasteiger partial charge on any atom is -0.481 e. The molecule has 0 aliphatic carbocycles.